The van der Waals surface area contributed by atoms with Crippen LogP contribution in [0, 0.1) is 23.7 Å². The molecule has 2 atom stereocenters. The van der Waals surface area contributed by atoms with Crippen LogP contribution < -0.4 is 0 Å². The molecule has 0 bridgehead atoms. The Labute approximate surface area is 175 Å². The number of halogens is 2. The molecule has 1 rings (SSSR count). The smallest absolute Gasteiger partial charge is 0.388 e. The highest BCUT2D eigenvalue weighted by Crippen LogP contribution is 2.22. The first kappa shape index (κ1) is 23.7. The van der Waals surface area contributed by atoms with E-state index in [4.69, 9.17) is 23.2 Å². The summed E-state index contributed by atoms with van der Waals surface area (Å²) < 4.78 is 4.27. The van der Waals surface area contributed by atoms with Crippen LogP contribution >= 0.6 is 23.2 Å². The zero-order valence-electron chi connectivity index (χ0n) is 15.2. The molecule has 0 amide bonds. The minimum atomic E-state index is -0.812. The molecule has 0 aliphatic heterocycles. The summed E-state index contributed by atoms with van der Waals surface area (Å²) in [7, 11) is 0. The lowest BCUT2D eigenvalue weighted by Gasteiger charge is -1.98. The molecule has 0 aromatic heterocycles. The van der Waals surface area contributed by atoms with Gasteiger partial charge in [-0.15, -0.1) is 0 Å². The van der Waals surface area contributed by atoms with Crippen molar-refractivity contribution in [2.75, 3.05) is 0 Å². The highest BCUT2D eigenvalue weighted by Gasteiger charge is 2.11. The summed E-state index contributed by atoms with van der Waals surface area (Å²) in [5.41, 5.74) is 0.725. The number of hydrogen-bond acceptors (Lipinski definition) is 3. The molecule has 0 aliphatic rings. The summed E-state index contributed by atoms with van der Waals surface area (Å²) in [4.78, 5) is 10.9. The van der Waals surface area contributed by atoms with Gasteiger partial charge in [-0.05, 0) is 37.1 Å². The average molecular weight is 420 g/mol. The van der Waals surface area contributed by atoms with Gasteiger partial charge >= 0.3 is 5.97 Å². The summed E-state index contributed by atoms with van der Waals surface area (Å²) in [6.07, 6.45) is 6.23. The number of hydrogen-bond donors (Lipinski definition) is 2. The van der Waals surface area contributed by atoms with Gasteiger partial charge in [0.05, 0.1) is 16.1 Å². The van der Waals surface area contributed by atoms with Crippen LogP contribution in [-0.4, -0.2) is 35.2 Å². The monoisotopic (exact) mass is 419 g/mol. The number of benzene rings is 1. The second-order valence-electron chi connectivity index (χ2n) is 5.66. The maximum atomic E-state index is 10.9. The molecule has 28 heavy (non-hydrogen) atoms. The van der Waals surface area contributed by atoms with E-state index < -0.39 is 18.2 Å². The van der Waals surface area contributed by atoms with Crippen molar-refractivity contribution >= 4 is 36.0 Å². The van der Waals surface area contributed by atoms with Gasteiger partial charge < -0.3 is 10.2 Å². The van der Waals surface area contributed by atoms with Crippen molar-refractivity contribution in [2.45, 2.75) is 37.9 Å². The lowest BCUT2D eigenvalue weighted by atomic mass is 10.1. The standard InChI is InChI=1S/C22H21Cl2O4/c1-28-22(27)13-7-12-19(26)10-5-3-2-4-9-18(25)11-6-8-17-14-15-20(23)21(24)16-17/h2-4,9,14-16,18-19,25-26H,1,7,11-13H2/q+1/b3-2+,9-4+. The number of rotatable bonds is 7. The molecular formula is C22H21Cl2O4+. The van der Waals surface area contributed by atoms with Crippen LogP contribution in [-0.2, 0) is 9.22 Å². The largest absolute Gasteiger partial charge is 0.579 e. The second kappa shape index (κ2) is 13.8. The van der Waals surface area contributed by atoms with E-state index in [9.17, 15) is 15.0 Å². The summed E-state index contributed by atoms with van der Waals surface area (Å²) in [6, 6.07) is 5.09. The Morgan fingerprint density at radius 2 is 2.04 bits per heavy atom. The van der Waals surface area contributed by atoms with E-state index in [2.05, 4.69) is 34.9 Å². The van der Waals surface area contributed by atoms with Crippen molar-refractivity contribution in [1.82, 2.24) is 0 Å². The van der Waals surface area contributed by atoms with Crippen molar-refractivity contribution in [2.24, 2.45) is 0 Å². The predicted octanol–water partition coefficient (Wildman–Crippen LogP) is 3.63. The van der Waals surface area contributed by atoms with Gasteiger partial charge in [0.2, 0.25) is 0 Å². The number of carbonyl (C=O) groups is 1. The molecule has 1 aromatic carbocycles. The fourth-order valence-corrected chi connectivity index (χ4v) is 2.22. The number of allylic oxidation sites excluding steroid dienone is 3. The van der Waals surface area contributed by atoms with Gasteiger partial charge in [0, 0.05) is 16.8 Å². The summed E-state index contributed by atoms with van der Waals surface area (Å²) >= 11 is 11.7. The van der Waals surface area contributed by atoms with Crippen LogP contribution in [0.2, 0.25) is 10.0 Å². The molecule has 0 radical (unpaired) electrons. The van der Waals surface area contributed by atoms with Gasteiger partial charge in [-0.25, -0.2) is 0 Å². The molecule has 0 saturated carbocycles. The Morgan fingerprint density at radius 3 is 2.75 bits per heavy atom. The molecule has 146 valence electrons. The van der Waals surface area contributed by atoms with Crippen LogP contribution in [0.5, 0.6) is 0 Å². The normalized spacial score (nSPS) is 12.7. The van der Waals surface area contributed by atoms with Gasteiger partial charge in [0.1, 0.15) is 12.5 Å². The predicted molar refractivity (Wildman–Crippen MR) is 112 cm³/mol. The topological polar surface area (TPSA) is 68.8 Å². The fraction of sp³-hybridized carbons (Fsp3) is 0.273. The number of aliphatic hydroxyl groups is 2. The molecular weight excluding hydrogens is 399 g/mol. The quantitative estimate of drug-likeness (QED) is 0.402. The zero-order chi connectivity index (χ0) is 20.8. The van der Waals surface area contributed by atoms with Crippen LogP contribution in [0.25, 0.3) is 0 Å². The Bertz CT molecular complexity index is 851. The lowest BCUT2D eigenvalue weighted by molar-refractivity contribution is -0.369. The van der Waals surface area contributed by atoms with E-state index in [0.717, 1.165) is 5.56 Å². The minimum absolute atomic E-state index is 0.201. The van der Waals surface area contributed by atoms with Crippen molar-refractivity contribution in [1.29, 1.82) is 0 Å². The Balaban J connectivity index is 2.34. The molecule has 1 aromatic rings. The highest BCUT2D eigenvalue weighted by molar-refractivity contribution is 6.42. The lowest BCUT2D eigenvalue weighted by Crippen LogP contribution is -2.04. The third-order valence-electron chi connectivity index (χ3n) is 3.36. The van der Waals surface area contributed by atoms with E-state index in [1.54, 1.807) is 42.5 Å². The molecule has 0 saturated heterocycles. The van der Waals surface area contributed by atoms with Crippen molar-refractivity contribution in [3.63, 3.8) is 0 Å². The Morgan fingerprint density at radius 1 is 1.25 bits per heavy atom. The zero-order valence-corrected chi connectivity index (χ0v) is 16.7. The van der Waals surface area contributed by atoms with Crippen LogP contribution in [0.3, 0.4) is 0 Å². The van der Waals surface area contributed by atoms with Crippen LogP contribution in [0.4, 0.5) is 0 Å². The summed E-state index contributed by atoms with van der Waals surface area (Å²) in [6.45, 7) is 3.02. The number of carbonyl (C=O) groups excluding carboxylic acids is 2. The third kappa shape index (κ3) is 10.7. The van der Waals surface area contributed by atoms with E-state index in [1.165, 1.54) is 0 Å². The second-order valence-corrected chi connectivity index (χ2v) is 6.47. The third-order valence-corrected chi connectivity index (χ3v) is 4.10. The van der Waals surface area contributed by atoms with Gasteiger partial charge in [0.25, 0.3) is 0 Å². The van der Waals surface area contributed by atoms with E-state index >= 15 is 0 Å². The van der Waals surface area contributed by atoms with Crippen molar-refractivity contribution in [3.05, 3.63) is 58.1 Å². The van der Waals surface area contributed by atoms with Gasteiger partial charge in [-0.3, -0.25) is 4.42 Å². The van der Waals surface area contributed by atoms with E-state index in [-0.39, 0.29) is 12.8 Å². The highest BCUT2D eigenvalue weighted by atomic mass is 35.5. The fourth-order valence-electron chi connectivity index (χ4n) is 1.92. The molecule has 6 heteroatoms. The van der Waals surface area contributed by atoms with Gasteiger partial charge in [-0.1, -0.05) is 65.1 Å². The van der Waals surface area contributed by atoms with Gasteiger partial charge in [-0.2, -0.15) is 0 Å². The maximum absolute atomic E-state index is 10.9. The molecule has 0 heterocycles. The minimum Gasteiger partial charge on any atom is -0.388 e. The van der Waals surface area contributed by atoms with E-state index in [1.807, 2.05) is 0 Å². The first-order chi connectivity index (χ1) is 13.4. The molecule has 0 fully saturated rings. The summed E-state index contributed by atoms with van der Waals surface area (Å²) in [5.74, 6) is 10.7. The number of aliphatic hydroxyl groups excluding tert-OH is 2. The Hall–Kier alpha value is -2.34. The summed E-state index contributed by atoms with van der Waals surface area (Å²) in [5, 5.41) is 20.4. The molecule has 0 aliphatic carbocycles. The van der Waals surface area contributed by atoms with Gasteiger partial charge in [0.15, 0.2) is 6.79 Å². The molecule has 2 unspecified atom stereocenters. The molecule has 4 nitrogen and oxygen atoms in total. The van der Waals surface area contributed by atoms with Crippen molar-refractivity contribution < 1.29 is 19.4 Å². The molecule has 2 N–H and O–H groups in total. The van der Waals surface area contributed by atoms with Crippen LogP contribution in [0.1, 0.15) is 31.2 Å². The average Bonchev–Trinajstić information content (AvgIpc) is 2.67. The van der Waals surface area contributed by atoms with Crippen molar-refractivity contribution in [3.8, 4) is 23.7 Å². The first-order valence-corrected chi connectivity index (χ1v) is 9.27. The maximum Gasteiger partial charge on any atom is 0.579 e. The van der Waals surface area contributed by atoms with E-state index in [0.29, 0.717) is 22.9 Å². The Kier molecular flexibility index (Phi) is 11.7. The SMILES string of the molecule is C=[O+]C(=O)CCCC(O)C#C/C=C/C=C/C(O)CC#Cc1ccc(Cl)c(Cl)c1. The van der Waals surface area contributed by atoms with Crippen LogP contribution in [0.15, 0.2) is 42.5 Å². The molecule has 0 spiro atoms. The first-order valence-electron chi connectivity index (χ1n) is 8.51.